The Labute approximate surface area is 105 Å². The van der Waals surface area contributed by atoms with Crippen LogP contribution in [0.5, 0.6) is 0 Å². The van der Waals surface area contributed by atoms with Crippen LogP contribution in [0.25, 0.3) is 0 Å². The first kappa shape index (κ1) is 12.5. The van der Waals surface area contributed by atoms with Crippen molar-refractivity contribution >= 4 is 11.8 Å². The van der Waals surface area contributed by atoms with Crippen molar-refractivity contribution in [2.45, 2.75) is 12.5 Å². The molecule has 1 saturated heterocycles. The first-order valence-corrected chi connectivity index (χ1v) is 5.62. The van der Waals surface area contributed by atoms with Gasteiger partial charge in [-0.05, 0) is 12.5 Å². The molecule has 0 aromatic carbocycles. The summed E-state index contributed by atoms with van der Waals surface area (Å²) < 4.78 is 5.20. The molecule has 2 rings (SSSR count). The van der Waals surface area contributed by atoms with E-state index in [1.165, 1.54) is 12.3 Å². The van der Waals surface area contributed by atoms with Crippen LogP contribution in [0.3, 0.4) is 0 Å². The molecule has 1 aliphatic heterocycles. The van der Waals surface area contributed by atoms with Crippen molar-refractivity contribution in [3.8, 4) is 0 Å². The van der Waals surface area contributed by atoms with E-state index in [0.717, 1.165) is 6.42 Å². The number of ether oxygens (including phenoxy) is 1. The summed E-state index contributed by atoms with van der Waals surface area (Å²) in [6, 6.07) is 4.16. The van der Waals surface area contributed by atoms with Gasteiger partial charge < -0.3 is 15.4 Å². The zero-order valence-corrected chi connectivity index (χ0v) is 10.0. The topological polar surface area (TPSA) is 85.5 Å². The van der Waals surface area contributed by atoms with Gasteiger partial charge >= 0.3 is 0 Å². The third-order valence-corrected chi connectivity index (χ3v) is 2.93. The molecule has 95 valence electrons. The number of amides is 2. The maximum absolute atomic E-state index is 12.1. The summed E-state index contributed by atoms with van der Waals surface area (Å²) in [4.78, 5) is 28.5. The number of primary amides is 1. The lowest BCUT2D eigenvalue weighted by atomic mass is 10.2. The van der Waals surface area contributed by atoms with Crippen LogP contribution in [0.15, 0.2) is 12.3 Å². The zero-order chi connectivity index (χ0) is 13.1. The Bertz CT molecular complexity index is 475. The van der Waals surface area contributed by atoms with Gasteiger partial charge in [0.05, 0.1) is 11.7 Å². The highest BCUT2D eigenvalue weighted by molar-refractivity contribution is 5.97. The number of carbonyl (C=O) groups excluding carboxylic acids is 2. The van der Waals surface area contributed by atoms with E-state index >= 15 is 0 Å². The lowest BCUT2D eigenvalue weighted by molar-refractivity contribution is 0.0723. The molecule has 2 N–H and O–H groups in total. The van der Waals surface area contributed by atoms with E-state index in [2.05, 4.69) is 11.1 Å². The van der Waals surface area contributed by atoms with Crippen LogP contribution in [-0.4, -0.2) is 48.0 Å². The minimum absolute atomic E-state index is 0.0247. The minimum atomic E-state index is -0.694. The maximum Gasteiger partial charge on any atom is 0.267 e. The van der Waals surface area contributed by atoms with Gasteiger partial charge in [-0.15, -0.1) is 0 Å². The summed E-state index contributed by atoms with van der Waals surface area (Å²) in [6.45, 7) is 1.19. The Morgan fingerprint density at radius 1 is 1.61 bits per heavy atom. The number of hydrogen-bond donors (Lipinski definition) is 1. The second-order valence-electron chi connectivity index (χ2n) is 4.09. The Balaban J connectivity index is 2.14. The molecule has 0 bridgehead atoms. The second kappa shape index (κ2) is 5.14. The molecule has 6 nitrogen and oxygen atoms in total. The summed E-state index contributed by atoms with van der Waals surface area (Å²) >= 11 is 0. The summed E-state index contributed by atoms with van der Waals surface area (Å²) in [5, 5.41) is 0. The molecule has 0 aliphatic carbocycles. The van der Waals surface area contributed by atoms with E-state index in [9.17, 15) is 9.59 Å². The van der Waals surface area contributed by atoms with Crippen LogP contribution >= 0.6 is 0 Å². The first-order valence-electron chi connectivity index (χ1n) is 5.62. The average Bonchev–Trinajstić information content (AvgIpc) is 2.86. The van der Waals surface area contributed by atoms with Crippen LogP contribution < -0.4 is 5.73 Å². The van der Waals surface area contributed by atoms with E-state index in [0.29, 0.717) is 18.7 Å². The van der Waals surface area contributed by atoms with Gasteiger partial charge in [-0.1, -0.05) is 0 Å². The van der Waals surface area contributed by atoms with E-state index in [-0.39, 0.29) is 17.7 Å². The van der Waals surface area contributed by atoms with Crippen molar-refractivity contribution < 1.29 is 14.3 Å². The molecule has 1 aromatic rings. The van der Waals surface area contributed by atoms with Crippen molar-refractivity contribution in [2.24, 2.45) is 5.73 Å². The minimum Gasteiger partial charge on any atom is -0.380 e. The Morgan fingerprint density at radius 2 is 2.39 bits per heavy atom. The molecule has 1 fully saturated rings. The number of nitrogens with two attached hydrogens (primary N) is 1. The number of aromatic nitrogens is 1. The van der Waals surface area contributed by atoms with Crippen LogP contribution in [-0.2, 0) is 4.74 Å². The molecule has 1 atom stereocenters. The summed E-state index contributed by atoms with van der Waals surface area (Å²) in [7, 11) is 1.63. The average molecular weight is 248 g/mol. The van der Waals surface area contributed by atoms with Crippen molar-refractivity contribution in [1.29, 1.82) is 0 Å². The lowest BCUT2D eigenvalue weighted by Gasteiger charge is -2.16. The SMILES string of the molecule is COC1CCN(C(=O)c2[c]c(C(N)=O)ncc2)C1. The Hall–Kier alpha value is -1.95. The van der Waals surface area contributed by atoms with Crippen LogP contribution in [0, 0.1) is 6.07 Å². The molecule has 2 heterocycles. The first-order chi connectivity index (χ1) is 8.61. The quantitative estimate of drug-likeness (QED) is 0.805. The van der Waals surface area contributed by atoms with E-state index in [1.807, 2.05) is 0 Å². The van der Waals surface area contributed by atoms with Gasteiger partial charge in [0.25, 0.3) is 11.8 Å². The number of likely N-dealkylation sites (tertiary alicyclic amines) is 1. The Kier molecular flexibility index (Phi) is 3.57. The number of rotatable bonds is 3. The fourth-order valence-corrected chi connectivity index (χ4v) is 1.91. The van der Waals surface area contributed by atoms with Crippen LogP contribution in [0.2, 0.25) is 0 Å². The molecule has 1 unspecified atom stereocenters. The van der Waals surface area contributed by atoms with Gasteiger partial charge in [0.2, 0.25) is 0 Å². The van der Waals surface area contributed by atoms with E-state index in [1.54, 1.807) is 12.0 Å². The highest BCUT2D eigenvalue weighted by Gasteiger charge is 2.27. The highest BCUT2D eigenvalue weighted by Crippen LogP contribution is 2.15. The number of hydrogen-bond acceptors (Lipinski definition) is 4. The van der Waals surface area contributed by atoms with Gasteiger partial charge in [0.1, 0.15) is 5.69 Å². The molecule has 0 saturated carbocycles. The molecular weight excluding hydrogens is 234 g/mol. The predicted octanol–water partition coefficient (Wildman–Crippen LogP) is -0.158. The molecule has 18 heavy (non-hydrogen) atoms. The van der Waals surface area contributed by atoms with E-state index < -0.39 is 5.91 Å². The van der Waals surface area contributed by atoms with Gasteiger partial charge in [-0.3, -0.25) is 14.6 Å². The zero-order valence-electron chi connectivity index (χ0n) is 10.0. The number of carbonyl (C=O) groups is 2. The molecule has 2 amide bonds. The summed E-state index contributed by atoms with van der Waals surface area (Å²) in [6.07, 6.45) is 2.27. The van der Waals surface area contributed by atoms with Crippen molar-refractivity contribution in [3.63, 3.8) is 0 Å². The van der Waals surface area contributed by atoms with Crippen LogP contribution in [0.4, 0.5) is 0 Å². The van der Waals surface area contributed by atoms with E-state index in [4.69, 9.17) is 10.5 Å². The molecular formula is C12H14N3O3. The van der Waals surface area contributed by atoms with Gasteiger partial charge in [-0.2, -0.15) is 0 Å². The molecule has 0 spiro atoms. The Morgan fingerprint density at radius 3 is 3.00 bits per heavy atom. The predicted molar refractivity (Wildman–Crippen MR) is 62.9 cm³/mol. The number of pyridine rings is 1. The standard InChI is InChI=1S/C12H14N3O3/c1-18-9-3-5-15(7-9)12(17)8-2-4-14-10(6-8)11(13)16/h2,4,9H,3,5,7H2,1H3,(H2,13,16). The van der Waals surface area contributed by atoms with Crippen molar-refractivity contribution in [1.82, 2.24) is 9.88 Å². The fourth-order valence-electron chi connectivity index (χ4n) is 1.91. The third kappa shape index (κ3) is 2.48. The molecule has 1 aromatic heterocycles. The second-order valence-corrected chi connectivity index (χ2v) is 4.09. The third-order valence-electron chi connectivity index (χ3n) is 2.93. The molecule has 6 heteroatoms. The van der Waals surface area contributed by atoms with Gasteiger partial charge in [0.15, 0.2) is 0 Å². The van der Waals surface area contributed by atoms with Gasteiger partial charge in [0, 0.05) is 32.5 Å². The molecule has 1 aliphatic rings. The largest absolute Gasteiger partial charge is 0.380 e. The fraction of sp³-hybridized carbons (Fsp3) is 0.417. The number of methoxy groups -OCH3 is 1. The number of nitrogens with zero attached hydrogens (tertiary/aromatic N) is 2. The van der Waals surface area contributed by atoms with Gasteiger partial charge in [-0.25, -0.2) is 0 Å². The molecule has 1 radical (unpaired) electrons. The smallest absolute Gasteiger partial charge is 0.267 e. The summed E-state index contributed by atoms with van der Waals surface area (Å²) in [5.41, 5.74) is 5.38. The monoisotopic (exact) mass is 248 g/mol. The van der Waals surface area contributed by atoms with Crippen molar-refractivity contribution in [3.05, 3.63) is 29.6 Å². The van der Waals surface area contributed by atoms with Crippen molar-refractivity contribution in [2.75, 3.05) is 20.2 Å². The van der Waals surface area contributed by atoms with Crippen LogP contribution in [0.1, 0.15) is 27.3 Å². The lowest BCUT2D eigenvalue weighted by Crippen LogP contribution is -2.30. The highest BCUT2D eigenvalue weighted by atomic mass is 16.5. The normalized spacial score (nSPS) is 18.9. The summed E-state index contributed by atoms with van der Waals surface area (Å²) in [5.74, 6) is -0.875. The maximum atomic E-state index is 12.1.